The molecular weight excluding hydrogens is 251 g/mol. The molecule has 1 saturated carbocycles. The Morgan fingerprint density at radius 1 is 1.15 bits per heavy atom. The van der Waals surface area contributed by atoms with Crippen LogP contribution in [0.15, 0.2) is 18.2 Å². The molecule has 0 aromatic heterocycles. The quantitative estimate of drug-likeness (QED) is 0.643. The van der Waals surface area contributed by atoms with Crippen molar-refractivity contribution in [1.29, 1.82) is 0 Å². The van der Waals surface area contributed by atoms with Crippen LogP contribution in [0.25, 0.3) is 0 Å². The predicted molar refractivity (Wildman–Crippen MR) is 81.5 cm³/mol. The first-order chi connectivity index (χ1) is 9.52. The third kappa shape index (κ3) is 3.39. The Morgan fingerprint density at radius 2 is 1.75 bits per heavy atom. The van der Waals surface area contributed by atoms with Gasteiger partial charge in [-0.25, -0.2) is 4.39 Å². The molecule has 1 unspecified atom stereocenters. The lowest BCUT2D eigenvalue weighted by atomic mass is 9.73. The highest BCUT2D eigenvalue weighted by atomic mass is 19.1. The first-order valence-corrected chi connectivity index (χ1v) is 7.75. The number of nitrogens with two attached hydrogens (primary N) is 1. The smallest absolute Gasteiger partial charge is 0.128 e. The maximum absolute atomic E-state index is 14.1. The second-order valence-electron chi connectivity index (χ2n) is 6.59. The molecule has 0 spiro atoms. The van der Waals surface area contributed by atoms with Crippen molar-refractivity contribution >= 4 is 0 Å². The van der Waals surface area contributed by atoms with Crippen LogP contribution in [0.5, 0.6) is 0 Å². The number of hydrogen-bond donors (Lipinski definition) is 2. The van der Waals surface area contributed by atoms with Crippen molar-refractivity contribution in [3.05, 3.63) is 35.1 Å². The van der Waals surface area contributed by atoms with Gasteiger partial charge in [0.1, 0.15) is 5.82 Å². The zero-order valence-corrected chi connectivity index (χ0v) is 12.8. The maximum atomic E-state index is 14.1. The number of halogens is 1. The molecule has 0 amide bonds. The van der Waals surface area contributed by atoms with Gasteiger partial charge >= 0.3 is 0 Å². The van der Waals surface area contributed by atoms with Crippen molar-refractivity contribution in [2.45, 2.75) is 52.5 Å². The molecule has 3 N–H and O–H groups in total. The fourth-order valence-electron chi connectivity index (χ4n) is 3.53. The highest BCUT2D eigenvalue weighted by Crippen LogP contribution is 2.39. The van der Waals surface area contributed by atoms with Gasteiger partial charge in [0.15, 0.2) is 0 Å². The van der Waals surface area contributed by atoms with Crippen molar-refractivity contribution in [3.63, 3.8) is 0 Å². The van der Waals surface area contributed by atoms with Crippen LogP contribution in [0.4, 0.5) is 4.39 Å². The number of hydrazine groups is 1. The van der Waals surface area contributed by atoms with Gasteiger partial charge in [-0.1, -0.05) is 31.5 Å². The van der Waals surface area contributed by atoms with Gasteiger partial charge in [-0.15, -0.1) is 0 Å². The molecule has 1 atom stereocenters. The van der Waals surface area contributed by atoms with Crippen LogP contribution in [-0.2, 0) is 0 Å². The molecule has 1 aromatic carbocycles. The lowest BCUT2D eigenvalue weighted by Crippen LogP contribution is -2.36. The fourth-order valence-corrected chi connectivity index (χ4v) is 3.53. The van der Waals surface area contributed by atoms with Crippen LogP contribution in [0.3, 0.4) is 0 Å². The summed E-state index contributed by atoms with van der Waals surface area (Å²) in [6.07, 6.45) is 4.72. The van der Waals surface area contributed by atoms with Gasteiger partial charge in [-0.05, 0) is 56.4 Å². The first-order valence-electron chi connectivity index (χ1n) is 7.75. The average Bonchev–Trinajstić information content (AvgIpc) is 2.44. The lowest BCUT2D eigenvalue weighted by Gasteiger charge is -2.35. The molecule has 0 heterocycles. The van der Waals surface area contributed by atoms with Crippen LogP contribution in [0.2, 0.25) is 0 Å². The molecule has 3 heteroatoms. The van der Waals surface area contributed by atoms with Gasteiger partial charge in [-0.3, -0.25) is 11.3 Å². The van der Waals surface area contributed by atoms with E-state index in [-0.39, 0.29) is 11.9 Å². The van der Waals surface area contributed by atoms with Crippen LogP contribution in [0.1, 0.15) is 56.7 Å². The molecule has 20 heavy (non-hydrogen) atoms. The zero-order chi connectivity index (χ0) is 14.7. The SMILES string of the molecule is Cc1ccc(F)c(C(NN)C2CCC(C(C)C)CC2)c1. The summed E-state index contributed by atoms with van der Waals surface area (Å²) in [4.78, 5) is 0. The van der Waals surface area contributed by atoms with Gasteiger partial charge in [0.25, 0.3) is 0 Å². The Morgan fingerprint density at radius 3 is 2.30 bits per heavy atom. The van der Waals surface area contributed by atoms with Gasteiger partial charge in [0.05, 0.1) is 6.04 Å². The van der Waals surface area contributed by atoms with E-state index in [2.05, 4.69) is 19.3 Å². The predicted octanol–water partition coefficient (Wildman–Crippen LogP) is 4.10. The summed E-state index contributed by atoms with van der Waals surface area (Å²) in [5, 5.41) is 0. The van der Waals surface area contributed by atoms with E-state index in [4.69, 9.17) is 5.84 Å². The Kier molecular flexibility index (Phi) is 5.17. The largest absolute Gasteiger partial charge is 0.271 e. The molecule has 0 bridgehead atoms. The molecule has 0 saturated heterocycles. The van der Waals surface area contributed by atoms with E-state index >= 15 is 0 Å². The Hall–Kier alpha value is -0.930. The van der Waals surface area contributed by atoms with E-state index in [1.165, 1.54) is 12.8 Å². The number of aryl methyl sites for hydroxylation is 1. The molecule has 0 aliphatic heterocycles. The van der Waals surface area contributed by atoms with E-state index < -0.39 is 0 Å². The Bertz CT molecular complexity index is 437. The van der Waals surface area contributed by atoms with E-state index in [0.717, 1.165) is 35.8 Å². The molecule has 2 nitrogen and oxygen atoms in total. The summed E-state index contributed by atoms with van der Waals surface area (Å²) in [6, 6.07) is 5.22. The van der Waals surface area contributed by atoms with E-state index in [1.54, 1.807) is 6.07 Å². The molecule has 1 aromatic rings. The number of hydrogen-bond acceptors (Lipinski definition) is 2. The van der Waals surface area contributed by atoms with Gasteiger partial charge in [0.2, 0.25) is 0 Å². The number of benzene rings is 1. The topological polar surface area (TPSA) is 38.0 Å². The van der Waals surface area contributed by atoms with Crippen LogP contribution >= 0.6 is 0 Å². The van der Waals surface area contributed by atoms with E-state index in [0.29, 0.717) is 5.92 Å². The highest BCUT2D eigenvalue weighted by Gasteiger charge is 2.30. The van der Waals surface area contributed by atoms with Crippen molar-refractivity contribution in [2.24, 2.45) is 23.6 Å². The Labute approximate surface area is 121 Å². The van der Waals surface area contributed by atoms with E-state index in [9.17, 15) is 4.39 Å². The van der Waals surface area contributed by atoms with Crippen LogP contribution < -0.4 is 11.3 Å². The minimum atomic E-state index is -0.149. The minimum absolute atomic E-state index is 0.0667. The van der Waals surface area contributed by atoms with E-state index in [1.807, 2.05) is 19.1 Å². The molecule has 1 fully saturated rings. The standard InChI is InChI=1S/C17H27FN2/c1-11(2)13-5-7-14(8-6-13)17(20-19)15-10-12(3)4-9-16(15)18/h4,9-11,13-14,17,20H,5-8,19H2,1-3H3. The fraction of sp³-hybridized carbons (Fsp3) is 0.647. The second kappa shape index (κ2) is 6.68. The monoisotopic (exact) mass is 278 g/mol. The zero-order valence-electron chi connectivity index (χ0n) is 12.8. The lowest BCUT2D eigenvalue weighted by molar-refractivity contribution is 0.187. The van der Waals surface area contributed by atoms with Crippen molar-refractivity contribution < 1.29 is 4.39 Å². The molecular formula is C17H27FN2. The van der Waals surface area contributed by atoms with Crippen molar-refractivity contribution in [3.8, 4) is 0 Å². The third-order valence-corrected chi connectivity index (χ3v) is 4.90. The molecule has 112 valence electrons. The van der Waals surface area contributed by atoms with Crippen LogP contribution in [0, 0.1) is 30.5 Å². The van der Waals surface area contributed by atoms with Gasteiger partial charge in [-0.2, -0.15) is 0 Å². The maximum Gasteiger partial charge on any atom is 0.128 e. The Balaban J connectivity index is 2.11. The summed E-state index contributed by atoms with van der Waals surface area (Å²) >= 11 is 0. The van der Waals surface area contributed by atoms with Gasteiger partial charge < -0.3 is 0 Å². The minimum Gasteiger partial charge on any atom is -0.271 e. The summed E-state index contributed by atoms with van der Waals surface area (Å²) in [7, 11) is 0. The molecule has 2 rings (SSSR count). The van der Waals surface area contributed by atoms with Crippen molar-refractivity contribution in [1.82, 2.24) is 5.43 Å². The van der Waals surface area contributed by atoms with Gasteiger partial charge in [0, 0.05) is 5.56 Å². The summed E-state index contributed by atoms with van der Waals surface area (Å²) in [5.41, 5.74) is 4.66. The highest BCUT2D eigenvalue weighted by molar-refractivity contribution is 5.27. The number of rotatable bonds is 4. The first kappa shape index (κ1) is 15.5. The van der Waals surface area contributed by atoms with Crippen molar-refractivity contribution in [2.75, 3.05) is 0 Å². The molecule has 1 aliphatic rings. The van der Waals surface area contributed by atoms with Crippen LogP contribution in [-0.4, -0.2) is 0 Å². The summed E-state index contributed by atoms with van der Waals surface area (Å²) in [6.45, 7) is 6.58. The second-order valence-corrected chi connectivity index (χ2v) is 6.59. The third-order valence-electron chi connectivity index (χ3n) is 4.90. The average molecular weight is 278 g/mol. The molecule has 0 radical (unpaired) electrons. The number of nitrogens with one attached hydrogen (secondary N) is 1. The summed E-state index contributed by atoms with van der Waals surface area (Å²) in [5.74, 6) is 7.58. The normalized spacial score (nSPS) is 24.9. The summed E-state index contributed by atoms with van der Waals surface area (Å²) < 4.78 is 14.1. The molecule has 1 aliphatic carbocycles.